The fraction of sp³-hybridized carbons (Fsp3) is 0.235. The van der Waals surface area contributed by atoms with Gasteiger partial charge in [0.05, 0.1) is 12.5 Å². The summed E-state index contributed by atoms with van der Waals surface area (Å²) in [7, 11) is 0. The zero-order valence-electron chi connectivity index (χ0n) is 11.8. The van der Waals surface area contributed by atoms with Crippen LogP contribution in [-0.4, -0.2) is 17.6 Å². The molecule has 4 heteroatoms. The van der Waals surface area contributed by atoms with Gasteiger partial charge in [-0.15, -0.1) is 0 Å². The van der Waals surface area contributed by atoms with Crippen molar-refractivity contribution in [3.8, 4) is 11.5 Å². The molecule has 0 saturated heterocycles. The SMILES string of the molecule is Cc1cc(NC(=O)C2CCOc3ccccc32)ccc1O. The van der Waals surface area contributed by atoms with Crippen LogP contribution in [0.25, 0.3) is 0 Å². The number of aryl methyl sites for hydroxylation is 1. The van der Waals surface area contributed by atoms with E-state index in [9.17, 15) is 9.90 Å². The first kappa shape index (κ1) is 13.5. The van der Waals surface area contributed by atoms with Crippen LogP contribution in [0.1, 0.15) is 23.5 Å². The van der Waals surface area contributed by atoms with E-state index in [-0.39, 0.29) is 17.6 Å². The molecule has 2 N–H and O–H groups in total. The number of amides is 1. The maximum absolute atomic E-state index is 12.5. The van der Waals surface area contributed by atoms with Crippen LogP contribution in [0.5, 0.6) is 11.5 Å². The molecule has 0 saturated carbocycles. The lowest BCUT2D eigenvalue weighted by molar-refractivity contribution is -0.118. The lowest BCUT2D eigenvalue weighted by Crippen LogP contribution is -2.26. The number of hydrogen-bond donors (Lipinski definition) is 2. The largest absolute Gasteiger partial charge is 0.508 e. The van der Waals surface area contributed by atoms with Crippen molar-refractivity contribution in [2.24, 2.45) is 0 Å². The first-order valence-corrected chi connectivity index (χ1v) is 6.97. The number of phenolic OH excluding ortho intramolecular Hbond substituents is 1. The van der Waals surface area contributed by atoms with Crippen molar-refractivity contribution < 1.29 is 14.6 Å². The molecule has 1 aliphatic rings. The summed E-state index contributed by atoms with van der Waals surface area (Å²) in [5, 5.41) is 12.4. The van der Waals surface area contributed by atoms with E-state index in [1.165, 1.54) is 0 Å². The Morgan fingerprint density at radius 2 is 2.10 bits per heavy atom. The molecule has 0 aromatic heterocycles. The van der Waals surface area contributed by atoms with Crippen molar-refractivity contribution >= 4 is 11.6 Å². The van der Waals surface area contributed by atoms with Gasteiger partial charge in [-0.25, -0.2) is 0 Å². The van der Waals surface area contributed by atoms with Gasteiger partial charge in [0.1, 0.15) is 11.5 Å². The van der Waals surface area contributed by atoms with Gasteiger partial charge in [-0.3, -0.25) is 4.79 Å². The molecule has 108 valence electrons. The highest BCUT2D eigenvalue weighted by Gasteiger charge is 2.27. The summed E-state index contributed by atoms with van der Waals surface area (Å²) < 4.78 is 5.58. The predicted octanol–water partition coefficient (Wildman–Crippen LogP) is 3.21. The van der Waals surface area contributed by atoms with Crippen LogP contribution >= 0.6 is 0 Å². The average Bonchev–Trinajstić information content (AvgIpc) is 2.50. The number of carbonyl (C=O) groups excluding carboxylic acids is 1. The fourth-order valence-corrected chi connectivity index (χ4v) is 2.58. The summed E-state index contributed by atoms with van der Waals surface area (Å²) in [4.78, 5) is 12.5. The highest BCUT2D eigenvalue weighted by atomic mass is 16.5. The Kier molecular flexibility index (Phi) is 3.52. The molecule has 2 aromatic rings. The topological polar surface area (TPSA) is 58.6 Å². The summed E-state index contributed by atoms with van der Waals surface area (Å²) in [5.41, 5.74) is 2.36. The van der Waals surface area contributed by atoms with Gasteiger partial charge < -0.3 is 15.2 Å². The second-order valence-corrected chi connectivity index (χ2v) is 5.22. The third kappa shape index (κ3) is 2.70. The Morgan fingerprint density at radius 1 is 1.29 bits per heavy atom. The molecule has 1 heterocycles. The van der Waals surface area contributed by atoms with Gasteiger partial charge in [-0.05, 0) is 43.2 Å². The number of nitrogens with one attached hydrogen (secondary N) is 1. The van der Waals surface area contributed by atoms with Crippen molar-refractivity contribution in [2.75, 3.05) is 11.9 Å². The summed E-state index contributed by atoms with van der Waals surface area (Å²) in [6.07, 6.45) is 0.667. The molecule has 0 radical (unpaired) electrons. The van der Waals surface area contributed by atoms with E-state index in [0.717, 1.165) is 16.9 Å². The summed E-state index contributed by atoms with van der Waals surface area (Å²) in [6.45, 7) is 2.35. The van der Waals surface area contributed by atoms with Crippen LogP contribution < -0.4 is 10.1 Å². The molecule has 4 nitrogen and oxygen atoms in total. The van der Waals surface area contributed by atoms with Crippen LogP contribution in [0.2, 0.25) is 0 Å². The van der Waals surface area contributed by atoms with Crippen LogP contribution in [0.15, 0.2) is 42.5 Å². The van der Waals surface area contributed by atoms with Crippen LogP contribution in [0.4, 0.5) is 5.69 Å². The van der Waals surface area contributed by atoms with Crippen LogP contribution in [-0.2, 0) is 4.79 Å². The summed E-state index contributed by atoms with van der Waals surface area (Å²) >= 11 is 0. The molecular weight excluding hydrogens is 266 g/mol. The number of rotatable bonds is 2. The molecular formula is C17H17NO3. The van der Waals surface area contributed by atoms with E-state index < -0.39 is 0 Å². The van der Waals surface area contributed by atoms with Gasteiger partial charge in [0.25, 0.3) is 0 Å². The van der Waals surface area contributed by atoms with Gasteiger partial charge in [0.15, 0.2) is 0 Å². The van der Waals surface area contributed by atoms with E-state index in [1.807, 2.05) is 24.3 Å². The number of aromatic hydroxyl groups is 1. The van der Waals surface area contributed by atoms with E-state index in [1.54, 1.807) is 25.1 Å². The number of ether oxygens (including phenoxy) is 1. The average molecular weight is 283 g/mol. The highest BCUT2D eigenvalue weighted by Crippen LogP contribution is 2.34. The second-order valence-electron chi connectivity index (χ2n) is 5.22. The van der Waals surface area contributed by atoms with Gasteiger partial charge in [0, 0.05) is 11.3 Å². The molecule has 3 rings (SSSR count). The van der Waals surface area contributed by atoms with Gasteiger partial charge >= 0.3 is 0 Å². The number of carbonyl (C=O) groups is 1. The van der Waals surface area contributed by atoms with Gasteiger partial charge in [-0.1, -0.05) is 18.2 Å². The standard InChI is InChI=1S/C17H17NO3/c1-11-10-12(6-7-15(11)19)18-17(20)14-8-9-21-16-5-3-2-4-13(14)16/h2-7,10,14,19H,8-9H2,1H3,(H,18,20). The maximum atomic E-state index is 12.5. The predicted molar refractivity (Wildman–Crippen MR) is 80.8 cm³/mol. The minimum Gasteiger partial charge on any atom is -0.508 e. The quantitative estimate of drug-likeness (QED) is 0.832. The normalized spacial score (nSPS) is 16.7. The fourth-order valence-electron chi connectivity index (χ4n) is 2.58. The Bertz CT molecular complexity index is 681. The lowest BCUT2D eigenvalue weighted by atomic mass is 9.92. The molecule has 1 amide bonds. The number of hydrogen-bond acceptors (Lipinski definition) is 3. The molecule has 1 atom stereocenters. The molecule has 21 heavy (non-hydrogen) atoms. The van der Waals surface area contributed by atoms with Gasteiger partial charge in [0.2, 0.25) is 5.91 Å². The zero-order chi connectivity index (χ0) is 14.8. The van der Waals surface area contributed by atoms with Crippen LogP contribution in [0, 0.1) is 6.92 Å². The molecule has 1 aliphatic heterocycles. The first-order chi connectivity index (χ1) is 10.1. The van der Waals surface area contributed by atoms with E-state index >= 15 is 0 Å². The third-order valence-corrected chi connectivity index (χ3v) is 3.74. The van der Waals surface area contributed by atoms with E-state index in [0.29, 0.717) is 18.7 Å². The minimum absolute atomic E-state index is 0.0455. The smallest absolute Gasteiger partial charge is 0.232 e. The molecule has 0 bridgehead atoms. The van der Waals surface area contributed by atoms with Crippen molar-refractivity contribution in [1.82, 2.24) is 0 Å². The van der Waals surface area contributed by atoms with Crippen molar-refractivity contribution in [1.29, 1.82) is 0 Å². The Hall–Kier alpha value is -2.49. The highest BCUT2D eigenvalue weighted by molar-refractivity contribution is 5.96. The van der Waals surface area contributed by atoms with Crippen molar-refractivity contribution in [2.45, 2.75) is 19.3 Å². The molecule has 0 aliphatic carbocycles. The van der Waals surface area contributed by atoms with Crippen molar-refractivity contribution in [3.05, 3.63) is 53.6 Å². The number of anilines is 1. The summed E-state index contributed by atoms with van der Waals surface area (Å²) in [5.74, 6) is 0.759. The maximum Gasteiger partial charge on any atom is 0.232 e. The Morgan fingerprint density at radius 3 is 2.90 bits per heavy atom. The number of phenols is 1. The molecule has 0 spiro atoms. The van der Waals surface area contributed by atoms with E-state index in [2.05, 4.69) is 5.32 Å². The molecule has 0 fully saturated rings. The molecule has 1 unspecified atom stereocenters. The van der Waals surface area contributed by atoms with Crippen LogP contribution in [0.3, 0.4) is 0 Å². The number of benzene rings is 2. The monoisotopic (exact) mass is 283 g/mol. The molecule has 2 aromatic carbocycles. The third-order valence-electron chi connectivity index (χ3n) is 3.74. The second kappa shape index (κ2) is 5.48. The Balaban J connectivity index is 1.81. The first-order valence-electron chi connectivity index (χ1n) is 6.97. The summed E-state index contributed by atoms with van der Waals surface area (Å²) in [6, 6.07) is 12.7. The van der Waals surface area contributed by atoms with Gasteiger partial charge in [-0.2, -0.15) is 0 Å². The number of para-hydroxylation sites is 1. The van der Waals surface area contributed by atoms with E-state index in [4.69, 9.17) is 4.74 Å². The Labute approximate surface area is 123 Å². The minimum atomic E-state index is -0.205. The number of fused-ring (bicyclic) bond motifs is 1. The lowest BCUT2D eigenvalue weighted by Gasteiger charge is -2.25. The zero-order valence-corrected chi connectivity index (χ0v) is 11.8. The van der Waals surface area contributed by atoms with Crippen molar-refractivity contribution in [3.63, 3.8) is 0 Å².